The largest absolute Gasteiger partial charge is 0.458 e. The number of hydrogen-bond acceptors (Lipinski definition) is 16. The summed E-state index contributed by atoms with van der Waals surface area (Å²) >= 11 is 0. The van der Waals surface area contributed by atoms with Crippen molar-refractivity contribution in [1.82, 2.24) is 10.2 Å². The minimum Gasteiger partial charge on any atom is -0.458 e. The van der Waals surface area contributed by atoms with Gasteiger partial charge in [0.25, 0.3) is 0 Å². The Morgan fingerprint density at radius 2 is 1.42 bits per heavy atom. The van der Waals surface area contributed by atoms with Gasteiger partial charge in [0, 0.05) is 31.3 Å². The van der Waals surface area contributed by atoms with Crippen molar-refractivity contribution >= 4 is 29.8 Å². The number of carbonyl (C=O) groups is 5. The summed E-state index contributed by atoms with van der Waals surface area (Å²) in [5.74, 6) is -5.46. The second kappa shape index (κ2) is 23.6. The fraction of sp³-hybridized carbons (Fsp3) is 0.655. The Morgan fingerprint density at radius 1 is 0.806 bits per heavy atom. The maximum Gasteiger partial charge on any atom is 0.408 e. The number of ether oxygens (including phenoxy) is 10. The number of likely N-dealkylation sites (N-methyl/N-ethyl adjacent to an activating group) is 1. The number of amides is 1. The van der Waals surface area contributed by atoms with E-state index in [1.165, 1.54) is 7.11 Å². The Kier molecular flexibility index (Phi) is 18.6. The van der Waals surface area contributed by atoms with E-state index in [1.807, 2.05) is 59.7 Å². The molecule has 0 radical (unpaired) electrons. The number of alkyl carbamates (subject to hydrolysis) is 1. The van der Waals surface area contributed by atoms with Gasteiger partial charge in [-0.3, -0.25) is 9.59 Å². The number of carbonyl (C=O) groups excluding carboxylic acids is 5. The first-order valence-corrected chi connectivity index (χ1v) is 25.3. The average Bonchev–Trinajstić information content (AvgIpc) is 3.67. The Balaban J connectivity index is 1.48. The Bertz CT molecular complexity index is 2200. The zero-order valence-electron chi connectivity index (χ0n) is 44.3. The van der Waals surface area contributed by atoms with E-state index in [1.54, 1.807) is 95.3 Å². The highest BCUT2D eigenvalue weighted by Crippen LogP contribution is 2.44. The second-order valence-corrected chi connectivity index (χ2v) is 21.0. The number of nitrogens with one attached hydrogen (secondary N) is 1. The third kappa shape index (κ3) is 12.3. The maximum absolute atomic E-state index is 15.0. The zero-order chi connectivity index (χ0) is 52.9. The smallest absolute Gasteiger partial charge is 0.408 e. The minimum absolute atomic E-state index is 0.0264. The highest BCUT2D eigenvalue weighted by atomic mass is 16.7. The Morgan fingerprint density at radius 3 is 1.99 bits per heavy atom. The normalized spacial score (nSPS) is 38.9. The van der Waals surface area contributed by atoms with Gasteiger partial charge in [0.1, 0.15) is 17.5 Å². The van der Waals surface area contributed by atoms with Crippen molar-refractivity contribution < 1.29 is 71.3 Å². The lowest BCUT2D eigenvalue weighted by Gasteiger charge is -2.50. The standard InChI is InChI=1S/C55H78N2O15/c1-15-27-64-54(10)29-31(3)42(58)33(5)45-55(11,72-52(62)56-45)40(16-2)67-48(59)35(7)43(68-41-30-53(9,63-14)47(36(8)66-41)70-50(61)38-25-21-18-22-26-38)34(6)46(54)71-51-44(39(57(12)13)28-32(4)65-51)69-49(60)37-23-19-17-20-24-37/h15,17-26,31-36,39-41,43-47,51H,1,16,27-30H2,2-14H3,(H,56,62)/t31-,32+,33-,34-,35+,36-,39-,40+,41-,43-,44+,45+,46+,47-,51?,53+,54+,55+/m0/s1. The minimum atomic E-state index is -1.44. The third-order valence-corrected chi connectivity index (χ3v) is 15.4. The molecule has 1 N–H and O–H groups in total. The Hall–Kier alpha value is -4.75. The lowest BCUT2D eigenvalue weighted by Crippen LogP contribution is -2.62. The molecule has 0 aromatic heterocycles. The van der Waals surface area contributed by atoms with E-state index < -0.39 is 120 Å². The van der Waals surface area contributed by atoms with Crippen molar-refractivity contribution in [3.05, 3.63) is 84.4 Å². The van der Waals surface area contributed by atoms with Gasteiger partial charge in [0.05, 0.1) is 65.8 Å². The molecular weight excluding hydrogens is 929 g/mol. The van der Waals surface area contributed by atoms with E-state index >= 15 is 0 Å². The number of cyclic esters (lactones) is 1. The Labute approximate surface area is 425 Å². The van der Waals surface area contributed by atoms with E-state index in [4.69, 9.17) is 47.4 Å². The van der Waals surface area contributed by atoms with E-state index in [9.17, 15) is 24.0 Å². The predicted molar refractivity (Wildman–Crippen MR) is 265 cm³/mol. The van der Waals surface area contributed by atoms with Crippen LogP contribution < -0.4 is 5.32 Å². The van der Waals surface area contributed by atoms with Gasteiger partial charge < -0.3 is 57.6 Å². The maximum atomic E-state index is 15.0. The van der Waals surface area contributed by atoms with Crippen molar-refractivity contribution in [2.45, 2.75) is 179 Å². The van der Waals surface area contributed by atoms with Crippen LogP contribution in [0.15, 0.2) is 73.3 Å². The van der Waals surface area contributed by atoms with Crippen LogP contribution in [0.1, 0.15) is 116 Å². The molecule has 0 saturated carbocycles. The van der Waals surface area contributed by atoms with Crippen LogP contribution in [0.4, 0.5) is 4.79 Å². The van der Waals surface area contributed by atoms with Crippen LogP contribution in [0.25, 0.3) is 0 Å². The summed E-state index contributed by atoms with van der Waals surface area (Å²) in [5.41, 5.74) is -3.28. The summed E-state index contributed by atoms with van der Waals surface area (Å²) in [6.07, 6.45) is -6.76. The number of hydrogen-bond donors (Lipinski definition) is 1. The van der Waals surface area contributed by atoms with E-state index in [2.05, 4.69) is 11.9 Å². The first-order chi connectivity index (χ1) is 34.0. The molecule has 4 fully saturated rings. The van der Waals surface area contributed by atoms with Gasteiger partial charge in [-0.05, 0) is 99.2 Å². The molecule has 4 saturated heterocycles. The van der Waals surface area contributed by atoms with E-state index in [0.29, 0.717) is 17.5 Å². The van der Waals surface area contributed by atoms with Crippen LogP contribution in [-0.2, 0) is 57.0 Å². The first-order valence-electron chi connectivity index (χ1n) is 25.3. The van der Waals surface area contributed by atoms with Gasteiger partial charge >= 0.3 is 24.0 Å². The number of fused-ring (bicyclic) bond motifs is 1. The number of nitrogens with zero attached hydrogens (tertiary/aromatic N) is 1. The molecule has 17 nitrogen and oxygen atoms in total. The predicted octanol–water partition coefficient (Wildman–Crippen LogP) is 7.48. The van der Waals surface area contributed by atoms with Gasteiger partial charge in [-0.25, -0.2) is 14.4 Å². The second-order valence-electron chi connectivity index (χ2n) is 21.0. The summed E-state index contributed by atoms with van der Waals surface area (Å²) in [5, 5.41) is 2.86. The lowest BCUT2D eigenvalue weighted by molar-refractivity contribution is -0.319. The van der Waals surface area contributed by atoms with E-state index in [0.717, 1.165) is 0 Å². The van der Waals surface area contributed by atoms with Gasteiger partial charge in [-0.1, -0.05) is 70.2 Å². The molecule has 398 valence electrons. The molecule has 4 heterocycles. The number of esters is 3. The van der Waals surface area contributed by atoms with Crippen molar-refractivity contribution in [3.63, 3.8) is 0 Å². The van der Waals surface area contributed by atoms with Crippen LogP contribution >= 0.6 is 0 Å². The van der Waals surface area contributed by atoms with Crippen LogP contribution in [0, 0.1) is 23.7 Å². The van der Waals surface area contributed by atoms with E-state index in [-0.39, 0.29) is 43.8 Å². The fourth-order valence-corrected chi connectivity index (χ4v) is 11.4. The number of benzene rings is 2. The van der Waals surface area contributed by atoms with Gasteiger partial charge in [-0.2, -0.15) is 0 Å². The summed E-state index contributed by atoms with van der Waals surface area (Å²) in [7, 11) is 5.32. The van der Waals surface area contributed by atoms with Gasteiger partial charge in [0.15, 0.2) is 30.4 Å². The molecule has 0 spiro atoms. The number of methoxy groups -OCH3 is 1. The molecule has 0 bridgehead atoms. The molecule has 17 heteroatoms. The van der Waals surface area contributed by atoms with Crippen LogP contribution in [0.5, 0.6) is 0 Å². The van der Waals surface area contributed by atoms with Crippen LogP contribution in [0.2, 0.25) is 0 Å². The summed E-state index contributed by atoms with van der Waals surface area (Å²) in [6.45, 7) is 21.9. The van der Waals surface area contributed by atoms with Crippen molar-refractivity contribution in [3.8, 4) is 0 Å². The van der Waals surface area contributed by atoms with Crippen molar-refractivity contribution in [1.29, 1.82) is 0 Å². The van der Waals surface area contributed by atoms with Crippen LogP contribution in [-0.4, -0.2) is 147 Å². The fourth-order valence-electron chi connectivity index (χ4n) is 11.4. The molecule has 1 amide bonds. The molecule has 6 rings (SSSR count). The molecule has 4 aliphatic rings. The number of rotatable bonds is 14. The molecule has 1 unspecified atom stereocenters. The summed E-state index contributed by atoms with van der Waals surface area (Å²) < 4.78 is 65.5. The quantitative estimate of drug-likeness (QED) is 0.111. The summed E-state index contributed by atoms with van der Waals surface area (Å²) in [6, 6.07) is 16.0. The SMILES string of the molecule is C=CCO[C@]1(C)C[C@H](C)C(=O)[C@H](C)[C@H]2NC(=O)O[C@]2(C)[C@@H](CC)OC(=O)[C@H](C)[C@@H](O[C@H]2C[C@@](C)(OC)[C@@H](OC(=O)c3ccccc3)[C@H](C)O2)[C@H](C)[C@H]1OC1O[C@H](C)C[C@H](N(C)C)[C@H]1OC(=O)c1ccccc1. The molecule has 0 aliphatic carbocycles. The van der Waals surface area contributed by atoms with Crippen molar-refractivity contribution in [2.75, 3.05) is 27.8 Å². The van der Waals surface area contributed by atoms with Gasteiger partial charge in [0.2, 0.25) is 0 Å². The molecule has 2 aromatic rings. The first kappa shape index (κ1) is 56.5. The lowest BCUT2D eigenvalue weighted by atomic mass is 9.73. The highest BCUT2D eigenvalue weighted by molar-refractivity contribution is 5.90. The third-order valence-electron chi connectivity index (χ3n) is 15.4. The monoisotopic (exact) mass is 1010 g/mol. The molecule has 4 aliphatic heterocycles. The zero-order valence-corrected chi connectivity index (χ0v) is 44.3. The number of ketones is 1. The average molecular weight is 1010 g/mol. The van der Waals surface area contributed by atoms with Crippen LogP contribution in [0.3, 0.4) is 0 Å². The topological polar surface area (TPSA) is 193 Å². The summed E-state index contributed by atoms with van der Waals surface area (Å²) in [4.78, 5) is 72.4. The van der Waals surface area contributed by atoms with Gasteiger partial charge in [-0.15, -0.1) is 6.58 Å². The number of Topliss-reactive ketones (excluding diaryl/α,β-unsaturated/α-hetero) is 1. The molecular formula is C55H78N2O15. The molecule has 72 heavy (non-hydrogen) atoms. The molecule has 18 atom stereocenters. The molecule has 2 aromatic carbocycles. The highest BCUT2D eigenvalue weighted by Gasteiger charge is 2.58. The van der Waals surface area contributed by atoms with Crippen molar-refractivity contribution in [2.24, 2.45) is 23.7 Å².